The fourth-order valence-corrected chi connectivity index (χ4v) is 3.62. The molecule has 33 heavy (non-hydrogen) atoms. The van der Waals surface area contributed by atoms with Crippen molar-refractivity contribution in [1.29, 1.82) is 5.26 Å². The number of aromatic amines is 2. The van der Waals surface area contributed by atoms with Crippen LogP contribution >= 0.6 is 0 Å². The van der Waals surface area contributed by atoms with Gasteiger partial charge in [-0.25, -0.2) is 28.1 Å². The van der Waals surface area contributed by atoms with E-state index in [0.29, 0.717) is 11.3 Å². The largest absolute Gasteiger partial charge is 0.466 e. The van der Waals surface area contributed by atoms with Crippen molar-refractivity contribution in [2.45, 2.75) is 12.0 Å². The minimum absolute atomic E-state index is 0.0581. The number of anilines is 1. The van der Waals surface area contributed by atoms with Crippen molar-refractivity contribution < 1.29 is 13.5 Å². The molecule has 166 valence electrons. The van der Waals surface area contributed by atoms with Crippen molar-refractivity contribution in [3.8, 4) is 23.2 Å². The minimum Gasteiger partial charge on any atom is -0.466 e. The summed E-state index contributed by atoms with van der Waals surface area (Å²) in [7, 11) is 0. The number of H-pyrrole nitrogens is 2. The van der Waals surface area contributed by atoms with Gasteiger partial charge in [0.2, 0.25) is 5.88 Å². The van der Waals surface area contributed by atoms with Gasteiger partial charge in [-0.15, -0.1) is 0 Å². The van der Waals surface area contributed by atoms with E-state index in [-0.39, 0.29) is 29.2 Å². The predicted octanol–water partition coefficient (Wildman–Crippen LogP) is 0.942. The molecule has 2 N–H and O–H groups in total. The van der Waals surface area contributed by atoms with Crippen LogP contribution in [0.15, 0.2) is 52.6 Å². The number of nitriles is 1. The summed E-state index contributed by atoms with van der Waals surface area (Å²) in [6.45, 7) is -0.886. The summed E-state index contributed by atoms with van der Waals surface area (Å²) >= 11 is 0. The van der Waals surface area contributed by atoms with Crippen LogP contribution in [0.5, 0.6) is 5.88 Å². The summed E-state index contributed by atoms with van der Waals surface area (Å²) in [6.07, 6.45) is 3.94. The van der Waals surface area contributed by atoms with Crippen molar-refractivity contribution in [3.63, 3.8) is 0 Å². The number of hydrogen-bond donors (Lipinski definition) is 2. The average Bonchev–Trinajstić information content (AvgIpc) is 3.37. The van der Waals surface area contributed by atoms with Gasteiger partial charge in [-0.1, -0.05) is 0 Å². The highest BCUT2D eigenvalue weighted by atomic mass is 19.3. The van der Waals surface area contributed by atoms with Gasteiger partial charge in [0.25, 0.3) is 5.56 Å². The molecule has 11 nitrogen and oxygen atoms in total. The smallest absolute Gasteiger partial charge is 0.325 e. The number of fused-ring (bicyclic) bond motifs is 1. The van der Waals surface area contributed by atoms with E-state index in [2.05, 4.69) is 25.0 Å². The Balaban J connectivity index is 1.52. The van der Waals surface area contributed by atoms with E-state index in [0.717, 1.165) is 0 Å². The van der Waals surface area contributed by atoms with Crippen LogP contribution in [0.4, 0.5) is 14.5 Å². The predicted molar refractivity (Wildman–Crippen MR) is 110 cm³/mol. The molecule has 5 heterocycles. The number of ether oxygens (including phenoxy) is 1. The number of halogens is 2. The molecule has 1 aliphatic rings. The maximum atomic E-state index is 14.9. The van der Waals surface area contributed by atoms with Crippen LogP contribution in [0.25, 0.3) is 16.9 Å². The number of rotatable bonds is 4. The van der Waals surface area contributed by atoms with Gasteiger partial charge in [0, 0.05) is 30.9 Å². The Morgan fingerprint density at radius 1 is 1.24 bits per heavy atom. The second-order valence-corrected chi connectivity index (χ2v) is 7.34. The first kappa shape index (κ1) is 20.3. The van der Waals surface area contributed by atoms with Crippen molar-refractivity contribution in [3.05, 3.63) is 69.4 Å². The molecule has 1 aliphatic heterocycles. The molecule has 1 atom stereocenters. The van der Waals surface area contributed by atoms with Gasteiger partial charge in [-0.2, -0.15) is 10.4 Å². The summed E-state index contributed by atoms with van der Waals surface area (Å²) in [5.41, 5.74) is -0.288. The van der Waals surface area contributed by atoms with Crippen molar-refractivity contribution >= 4 is 11.3 Å². The molecule has 4 aromatic rings. The van der Waals surface area contributed by atoms with E-state index in [1.54, 1.807) is 0 Å². The van der Waals surface area contributed by atoms with Crippen LogP contribution in [0.2, 0.25) is 0 Å². The topological polar surface area (TPSA) is 145 Å². The molecule has 0 amide bonds. The number of nitrogens with one attached hydrogen (secondary N) is 2. The number of pyridine rings is 1. The van der Waals surface area contributed by atoms with Crippen LogP contribution in [0, 0.1) is 11.3 Å². The molecule has 4 aromatic heterocycles. The van der Waals surface area contributed by atoms with Crippen LogP contribution in [0.1, 0.15) is 5.56 Å². The van der Waals surface area contributed by atoms with E-state index in [1.165, 1.54) is 52.4 Å². The minimum atomic E-state index is -3.24. The Bertz CT molecular complexity index is 1520. The SMILES string of the molecule is N#Cc1ccnc(O[C@H]2CN(c3cc(-c4c[nH]c(=O)[nH]c4=O)nn4ccnc34)CC2(F)F)c1. The zero-order valence-corrected chi connectivity index (χ0v) is 16.7. The zero-order valence-electron chi connectivity index (χ0n) is 16.7. The number of hydrogen-bond acceptors (Lipinski definition) is 8. The van der Waals surface area contributed by atoms with E-state index >= 15 is 0 Å². The van der Waals surface area contributed by atoms with Gasteiger partial charge in [0.05, 0.1) is 36.0 Å². The van der Waals surface area contributed by atoms with Gasteiger partial charge in [-0.05, 0) is 12.1 Å². The number of aromatic nitrogens is 6. The fourth-order valence-electron chi connectivity index (χ4n) is 3.62. The average molecular weight is 452 g/mol. The molecule has 0 radical (unpaired) electrons. The molecule has 1 fully saturated rings. The van der Waals surface area contributed by atoms with E-state index in [1.807, 2.05) is 6.07 Å². The zero-order chi connectivity index (χ0) is 23.2. The molecular formula is C20H14F2N8O3. The van der Waals surface area contributed by atoms with Gasteiger partial charge in [-0.3, -0.25) is 9.78 Å². The fraction of sp³-hybridized carbons (Fsp3) is 0.200. The van der Waals surface area contributed by atoms with Crippen LogP contribution in [-0.2, 0) is 0 Å². The highest BCUT2D eigenvalue weighted by molar-refractivity contribution is 5.74. The highest BCUT2D eigenvalue weighted by Gasteiger charge is 2.51. The molecule has 0 aliphatic carbocycles. The van der Waals surface area contributed by atoms with Crippen LogP contribution in [-0.4, -0.2) is 54.7 Å². The van der Waals surface area contributed by atoms with Gasteiger partial charge in [0.1, 0.15) is 5.69 Å². The lowest BCUT2D eigenvalue weighted by atomic mass is 10.2. The Morgan fingerprint density at radius 2 is 2.09 bits per heavy atom. The third-order valence-corrected chi connectivity index (χ3v) is 5.16. The Kier molecular flexibility index (Phi) is 4.63. The molecule has 0 aromatic carbocycles. The van der Waals surface area contributed by atoms with Crippen molar-refractivity contribution in [1.82, 2.24) is 29.5 Å². The van der Waals surface area contributed by atoms with Gasteiger partial charge in [0.15, 0.2) is 11.8 Å². The maximum absolute atomic E-state index is 14.9. The normalized spacial score (nSPS) is 17.2. The lowest BCUT2D eigenvalue weighted by Gasteiger charge is -2.19. The summed E-state index contributed by atoms with van der Waals surface area (Å²) in [5, 5.41) is 13.3. The maximum Gasteiger partial charge on any atom is 0.325 e. The van der Waals surface area contributed by atoms with E-state index < -0.39 is 29.8 Å². The van der Waals surface area contributed by atoms with Gasteiger partial charge >= 0.3 is 11.6 Å². The Morgan fingerprint density at radius 3 is 2.88 bits per heavy atom. The Labute approximate surface area is 182 Å². The molecule has 0 spiro atoms. The molecule has 0 unspecified atom stereocenters. The molecule has 0 bridgehead atoms. The molecule has 13 heteroatoms. The quantitative estimate of drug-likeness (QED) is 0.465. The first-order valence-corrected chi connectivity index (χ1v) is 9.66. The number of imidazole rings is 1. The molecule has 1 saturated heterocycles. The molecule has 0 saturated carbocycles. The lowest BCUT2D eigenvalue weighted by Crippen LogP contribution is -2.36. The first-order chi connectivity index (χ1) is 15.8. The third kappa shape index (κ3) is 3.67. The summed E-state index contributed by atoms with van der Waals surface area (Å²) in [6, 6.07) is 6.10. The Hall–Kier alpha value is -4.60. The molecular weight excluding hydrogens is 438 g/mol. The van der Waals surface area contributed by atoms with Crippen molar-refractivity contribution in [2.24, 2.45) is 0 Å². The molecule has 5 rings (SSSR count). The second-order valence-electron chi connectivity index (χ2n) is 7.34. The number of alkyl halides is 2. The standard InChI is InChI=1S/C20H14F2N8O3/c21-20(22)10-29(9-15(20)33-16-5-11(7-23)1-2-24-16)14-6-13(28-30-4-3-25-17(14)30)12-8-26-19(32)27-18(12)31/h1-6,8,15H,9-10H2,(H2,26,27,31,32)/t15-/m0/s1. The van der Waals surface area contributed by atoms with E-state index in [9.17, 15) is 18.4 Å². The highest BCUT2D eigenvalue weighted by Crippen LogP contribution is 2.36. The van der Waals surface area contributed by atoms with Gasteiger partial charge < -0.3 is 14.6 Å². The summed E-state index contributed by atoms with van der Waals surface area (Å²) in [5.74, 6) is -3.32. The van der Waals surface area contributed by atoms with E-state index in [4.69, 9.17) is 10.00 Å². The summed E-state index contributed by atoms with van der Waals surface area (Å²) < 4.78 is 36.5. The first-order valence-electron chi connectivity index (χ1n) is 9.66. The lowest BCUT2D eigenvalue weighted by molar-refractivity contribution is -0.0609. The van der Waals surface area contributed by atoms with Crippen molar-refractivity contribution in [2.75, 3.05) is 18.0 Å². The second kappa shape index (κ2) is 7.52. The summed E-state index contributed by atoms with van der Waals surface area (Å²) in [4.78, 5) is 37.5. The monoisotopic (exact) mass is 452 g/mol. The van der Waals surface area contributed by atoms with Crippen LogP contribution in [0.3, 0.4) is 0 Å². The van der Waals surface area contributed by atoms with Crippen LogP contribution < -0.4 is 20.9 Å². The third-order valence-electron chi connectivity index (χ3n) is 5.16. The number of nitrogens with zero attached hydrogens (tertiary/aromatic N) is 6.